The van der Waals surface area contributed by atoms with Crippen molar-refractivity contribution in [1.29, 1.82) is 0 Å². The lowest BCUT2D eigenvalue weighted by Gasteiger charge is -2.35. The lowest BCUT2D eigenvalue weighted by Crippen LogP contribution is -2.42. The Labute approximate surface area is 180 Å². The van der Waals surface area contributed by atoms with Gasteiger partial charge in [-0.25, -0.2) is 9.18 Å². The molecule has 1 N–H and O–H groups in total. The first-order valence-electron chi connectivity index (χ1n) is 10.1. The Morgan fingerprint density at radius 3 is 2.53 bits per heavy atom. The highest BCUT2D eigenvalue weighted by molar-refractivity contribution is 6.31. The van der Waals surface area contributed by atoms with E-state index in [2.05, 4.69) is 4.90 Å². The van der Waals surface area contributed by atoms with E-state index in [0.717, 1.165) is 25.1 Å². The Balaban J connectivity index is 1.36. The van der Waals surface area contributed by atoms with Crippen LogP contribution in [0.5, 0.6) is 5.75 Å². The smallest absolute Gasteiger partial charge is 0.337 e. The fourth-order valence-corrected chi connectivity index (χ4v) is 4.82. The SMILES string of the molecule is COC(=O)c1ccc(O[C@@H]2C[C@@H]3CN(Cc4ccc(F)cc4Cl)C[C@@H]3C[C@H]2O)cc1. The number of nitrogens with zero attached hydrogens (tertiary/aromatic N) is 1. The number of hydrogen-bond donors (Lipinski definition) is 1. The summed E-state index contributed by atoms with van der Waals surface area (Å²) in [4.78, 5) is 13.9. The second-order valence-corrected chi connectivity index (χ2v) is 8.57. The maximum atomic E-state index is 13.3. The van der Waals surface area contributed by atoms with Gasteiger partial charge in [0, 0.05) is 24.7 Å². The molecule has 0 bridgehead atoms. The Hall–Kier alpha value is -2.15. The molecule has 1 aliphatic heterocycles. The number of carbonyl (C=O) groups is 1. The third-order valence-electron chi connectivity index (χ3n) is 6.13. The van der Waals surface area contributed by atoms with Crippen molar-refractivity contribution in [2.24, 2.45) is 11.8 Å². The molecule has 0 radical (unpaired) electrons. The molecule has 4 atom stereocenters. The first kappa shape index (κ1) is 21.1. The van der Waals surface area contributed by atoms with Crippen LogP contribution < -0.4 is 4.74 Å². The standard InChI is InChI=1S/C23H25ClFNO4/c1-29-23(28)14-3-6-19(7-4-14)30-22-9-17-13-26(12-16(17)8-21(22)27)11-15-2-5-18(25)10-20(15)24/h2-7,10,16-17,21-22,27H,8-9,11-13H2,1H3/t16-,17+,21+,22+/m0/s1. The summed E-state index contributed by atoms with van der Waals surface area (Å²) in [6.45, 7) is 2.45. The molecule has 0 spiro atoms. The van der Waals surface area contributed by atoms with E-state index in [1.165, 1.54) is 19.2 Å². The van der Waals surface area contributed by atoms with Gasteiger partial charge in [0.25, 0.3) is 0 Å². The van der Waals surface area contributed by atoms with E-state index in [9.17, 15) is 14.3 Å². The molecular formula is C23H25ClFNO4. The van der Waals surface area contributed by atoms with Crippen LogP contribution in [-0.4, -0.2) is 48.4 Å². The molecule has 7 heteroatoms. The van der Waals surface area contributed by atoms with E-state index >= 15 is 0 Å². The quantitative estimate of drug-likeness (QED) is 0.724. The number of likely N-dealkylation sites (tertiary alicyclic amines) is 1. The number of rotatable bonds is 5. The van der Waals surface area contributed by atoms with E-state index in [0.29, 0.717) is 41.1 Å². The predicted molar refractivity (Wildman–Crippen MR) is 111 cm³/mol. The van der Waals surface area contributed by atoms with E-state index in [1.54, 1.807) is 30.3 Å². The number of aliphatic hydroxyl groups excluding tert-OH is 1. The molecule has 5 nitrogen and oxygen atoms in total. The number of esters is 1. The zero-order chi connectivity index (χ0) is 21.3. The van der Waals surface area contributed by atoms with E-state index in [-0.39, 0.29) is 11.9 Å². The van der Waals surface area contributed by atoms with Crippen LogP contribution in [0.2, 0.25) is 5.02 Å². The summed E-state index contributed by atoms with van der Waals surface area (Å²) >= 11 is 6.18. The van der Waals surface area contributed by atoms with Gasteiger partial charge in [-0.3, -0.25) is 4.90 Å². The summed E-state index contributed by atoms with van der Waals surface area (Å²) in [6.07, 6.45) is 0.618. The molecular weight excluding hydrogens is 409 g/mol. The Kier molecular flexibility index (Phi) is 6.27. The van der Waals surface area contributed by atoms with Crippen molar-refractivity contribution in [2.45, 2.75) is 31.6 Å². The maximum Gasteiger partial charge on any atom is 0.337 e. The summed E-state index contributed by atoms with van der Waals surface area (Å²) in [5.74, 6) is 0.724. The average Bonchev–Trinajstić information content (AvgIpc) is 3.11. The Bertz CT molecular complexity index is 907. The van der Waals surface area contributed by atoms with Gasteiger partial charge in [-0.05, 0) is 66.6 Å². The second-order valence-electron chi connectivity index (χ2n) is 8.16. The normalized spacial score (nSPS) is 26.3. The number of methoxy groups -OCH3 is 1. The third kappa shape index (κ3) is 4.61. The monoisotopic (exact) mass is 433 g/mol. The summed E-state index contributed by atoms with van der Waals surface area (Å²) in [5, 5.41) is 11.1. The van der Waals surface area contributed by atoms with Gasteiger partial charge in [-0.15, -0.1) is 0 Å². The summed E-state index contributed by atoms with van der Waals surface area (Å²) in [7, 11) is 1.34. The second kappa shape index (κ2) is 8.92. The Morgan fingerprint density at radius 1 is 1.17 bits per heavy atom. The van der Waals surface area contributed by atoms with Crippen LogP contribution in [-0.2, 0) is 11.3 Å². The third-order valence-corrected chi connectivity index (χ3v) is 6.48. The fraction of sp³-hybridized carbons (Fsp3) is 0.435. The highest BCUT2D eigenvalue weighted by Crippen LogP contribution is 2.39. The van der Waals surface area contributed by atoms with Crippen molar-refractivity contribution >= 4 is 17.6 Å². The van der Waals surface area contributed by atoms with Gasteiger partial charge >= 0.3 is 5.97 Å². The number of halogens is 2. The van der Waals surface area contributed by atoms with E-state index in [4.69, 9.17) is 21.1 Å². The fourth-order valence-electron chi connectivity index (χ4n) is 4.60. The van der Waals surface area contributed by atoms with E-state index < -0.39 is 12.1 Å². The molecule has 1 saturated heterocycles. The number of ether oxygens (including phenoxy) is 2. The molecule has 2 fully saturated rings. The van der Waals surface area contributed by atoms with Crippen molar-refractivity contribution in [3.63, 3.8) is 0 Å². The molecule has 160 valence electrons. The van der Waals surface area contributed by atoms with Gasteiger partial charge in [0.1, 0.15) is 17.7 Å². The van der Waals surface area contributed by atoms with Crippen LogP contribution in [0.3, 0.4) is 0 Å². The van der Waals surface area contributed by atoms with Crippen LogP contribution in [0.25, 0.3) is 0 Å². The van der Waals surface area contributed by atoms with Gasteiger partial charge in [-0.2, -0.15) is 0 Å². The highest BCUT2D eigenvalue weighted by Gasteiger charge is 2.42. The predicted octanol–water partition coefficient (Wildman–Crippen LogP) is 3.92. The molecule has 4 rings (SSSR count). The number of aliphatic hydroxyl groups is 1. The molecule has 0 aromatic heterocycles. The average molecular weight is 434 g/mol. The minimum Gasteiger partial charge on any atom is -0.488 e. The van der Waals surface area contributed by atoms with Crippen LogP contribution in [0, 0.1) is 17.7 Å². The summed E-state index contributed by atoms with van der Waals surface area (Å²) in [5.41, 5.74) is 1.37. The van der Waals surface area contributed by atoms with Gasteiger partial charge in [0.05, 0.1) is 18.8 Å². The number of benzene rings is 2. The summed E-state index contributed by atoms with van der Waals surface area (Å²) < 4.78 is 24.0. The molecule has 2 aromatic rings. The van der Waals surface area contributed by atoms with Gasteiger partial charge in [-0.1, -0.05) is 17.7 Å². The lowest BCUT2D eigenvalue weighted by atomic mass is 9.78. The number of hydrogen-bond acceptors (Lipinski definition) is 5. The first-order valence-corrected chi connectivity index (χ1v) is 10.5. The summed E-state index contributed by atoms with van der Waals surface area (Å²) in [6, 6.07) is 11.3. The number of carbonyl (C=O) groups excluding carboxylic acids is 1. The van der Waals surface area contributed by atoms with Gasteiger partial charge in [0.15, 0.2) is 0 Å². The molecule has 1 saturated carbocycles. The van der Waals surface area contributed by atoms with Crippen molar-refractivity contribution in [2.75, 3.05) is 20.2 Å². The Morgan fingerprint density at radius 2 is 1.87 bits per heavy atom. The largest absolute Gasteiger partial charge is 0.488 e. The molecule has 0 unspecified atom stereocenters. The van der Waals surface area contributed by atoms with Gasteiger partial charge in [0.2, 0.25) is 0 Å². The minimum absolute atomic E-state index is 0.287. The minimum atomic E-state index is -0.541. The molecule has 1 aliphatic carbocycles. The zero-order valence-electron chi connectivity index (χ0n) is 16.8. The first-order chi connectivity index (χ1) is 14.4. The molecule has 1 heterocycles. The van der Waals surface area contributed by atoms with Crippen molar-refractivity contribution < 1.29 is 23.8 Å². The zero-order valence-corrected chi connectivity index (χ0v) is 17.5. The van der Waals surface area contributed by atoms with Crippen molar-refractivity contribution in [1.82, 2.24) is 4.90 Å². The topological polar surface area (TPSA) is 59.0 Å². The van der Waals surface area contributed by atoms with Crippen LogP contribution in [0.1, 0.15) is 28.8 Å². The maximum absolute atomic E-state index is 13.3. The van der Waals surface area contributed by atoms with Gasteiger partial charge < -0.3 is 14.6 Å². The molecule has 2 aliphatic rings. The van der Waals surface area contributed by atoms with Crippen molar-refractivity contribution in [3.05, 3.63) is 64.4 Å². The molecule has 0 amide bonds. The van der Waals surface area contributed by atoms with Crippen molar-refractivity contribution in [3.8, 4) is 5.75 Å². The van der Waals surface area contributed by atoms with E-state index in [1.807, 2.05) is 0 Å². The van der Waals surface area contributed by atoms with Crippen LogP contribution >= 0.6 is 11.6 Å². The molecule has 2 aromatic carbocycles. The number of fused-ring (bicyclic) bond motifs is 1. The molecule has 30 heavy (non-hydrogen) atoms. The van der Waals surface area contributed by atoms with Crippen LogP contribution in [0.4, 0.5) is 4.39 Å². The van der Waals surface area contributed by atoms with Crippen LogP contribution in [0.15, 0.2) is 42.5 Å². The lowest BCUT2D eigenvalue weighted by molar-refractivity contribution is -0.0231. The highest BCUT2D eigenvalue weighted by atomic mass is 35.5.